The minimum absolute atomic E-state index is 0.241. The lowest BCUT2D eigenvalue weighted by Gasteiger charge is -2.30. The Kier molecular flexibility index (Phi) is 6.41. The fourth-order valence-electron chi connectivity index (χ4n) is 4.32. The molecule has 0 bridgehead atoms. The van der Waals surface area contributed by atoms with E-state index in [1.807, 2.05) is 45.0 Å². The highest BCUT2D eigenvalue weighted by atomic mass is 32.2. The van der Waals surface area contributed by atoms with Crippen molar-refractivity contribution in [1.29, 1.82) is 0 Å². The topological polar surface area (TPSA) is 96.5 Å². The maximum absolute atomic E-state index is 13.0. The van der Waals surface area contributed by atoms with Crippen LogP contribution in [0.15, 0.2) is 47.4 Å². The average molecular weight is 469 g/mol. The van der Waals surface area contributed by atoms with Gasteiger partial charge in [-0.1, -0.05) is 24.3 Å². The molecular formula is C25H28N2O5S. The number of Topliss-reactive ketones (excluding diaryl/α,β-unsaturated/α-hetero) is 1. The Morgan fingerprint density at radius 3 is 2.42 bits per heavy atom. The van der Waals surface area contributed by atoms with Crippen molar-refractivity contribution < 1.29 is 22.7 Å². The summed E-state index contributed by atoms with van der Waals surface area (Å²) in [4.78, 5) is 28.8. The first-order valence-corrected chi connectivity index (χ1v) is 12.5. The summed E-state index contributed by atoms with van der Waals surface area (Å²) >= 11 is 0. The number of ketones is 1. The second-order valence-electron chi connectivity index (χ2n) is 8.63. The molecule has 3 aromatic rings. The SMILES string of the molecule is Cc1ccc(S(=O)(=O)N2CCC(C(=O)OCC(=O)c3c(C)[nH]c4ccccc34)CC2)cc1C. The smallest absolute Gasteiger partial charge is 0.309 e. The van der Waals surface area contributed by atoms with Gasteiger partial charge in [0.05, 0.1) is 10.8 Å². The lowest BCUT2D eigenvalue weighted by atomic mass is 9.98. The maximum atomic E-state index is 13.0. The number of para-hydroxylation sites is 1. The maximum Gasteiger partial charge on any atom is 0.309 e. The number of H-pyrrole nitrogens is 1. The van der Waals surface area contributed by atoms with Gasteiger partial charge in [-0.05, 0) is 62.9 Å². The molecule has 174 valence electrons. The van der Waals surface area contributed by atoms with E-state index in [1.165, 1.54) is 4.31 Å². The first-order chi connectivity index (χ1) is 15.7. The van der Waals surface area contributed by atoms with E-state index in [1.54, 1.807) is 18.2 Å². The number of nitrogens with zero attached hydrogens (tertiary/aromatic N) is 1. The van der Waals surface area contributed by atoms with Gasteiger partial charge in [-0.2, -0.15) is 4.31 Å². The fourth-order valence-corrected chi connectivity index (χ4v) is 5.87. The number of piperidine rings is 1. The minimum atomic E-state index is -3.61. The van der Waals surface area contributed by atoms with Crippen LogP contribution in [-0.2, 0) is 19.6 Å². The summed E-state index contributed by atoms with van der Waals surface area (Å²) in [6, 6.07) is 12.6. The van der Waals surface area contributed by atoms with E-state index in [4.69, 9.17) is 4.74 Å². The number of aromatic nitrogens is 1. The third-order valence-electron chi connectivity index (χ3n) is 6.42. The van der Waals surface area contributed by atoms with Gasteiger partial charge in [-0.15, -0.1) is 0 Å². The molecule has 2 aromatic carbocycles. The summed E-state index contributed by atoms with van der Waals surface area (Å²) in [5.41, 5.74) is 4.09. The molecule has 0 saturated carbocycles. The molecule has 1 aliphatic heterocycles. The first-order valence-electron chi connectivity index (χ1n) is 11.0. The van der Waals surface area contributed by atoms with E-state index < -0.39 is 21.9 Å². The molecule has 0 aliphatic carbocycles. The zero-order chi connectivity index (χ0) is 23.8. The lowest BCUT2D eigenvalue weighted by molar-refractivity contribution is -0.148. The normalized spacial score (nSPS) is 15.6. The quantitative estimate of drug-likeness (QED) is 0.437. The van der Waals surface area contributed by atoms with E-state index in [2.05, 4.69) is 4.98 Å². The zero-order valence-electron chi connectivity index (χ0n) is 19.1. The van der Waals surface area contributed by atoms with Gasteiger partial charge < -0.3 is 9.72 Å². The summed E-state index contributed by atoms with van der Waals surface area (Å²) in [7, 11) is -3.61. The molecule has 8 heteroatoms. The van der Waals surface area contributed by atoms with Crippen molar-refractivity contribution in [1.82, 2.24) is 9.29 Å². The second-order valence-corrected chi connectivity index (χ2v) is 10.6. The van der Waals surface area contributed by atoms with Crippen molar-refractivity contribution in [3.8, 4) is 0 Å². The highest BCUT2D eigenvalue weighted by Crippen LogP contribution is 2.26. The zero-order valence-corrected chi connectivity index (χ0v) is 19.9. The molecule has 0 amide bonds. The molecule has 1 aromatic heterocycles. The molecule has 0 radical (unpaired) electrons. The number of benzene rings is 2. The number of rotatable bonds is 6. The van der Waals surface area contributed by atoms with Crippen LogP contribution < -0.4 is 0 Å². The summed E-state index contributed by atoms with van der Waals surface area (Å²) in [6.07, 6.45) is 0.729. The van der Waals surface area contributed by atoms with Gasteiger partial charge in [0.15, 0.2) is 6.61 Å². The Labute approximate surface area is 193 Å². The molecule has 4 rings (SSSR count). The number of esters is 1. The molecule has 33 heavy (non-hydrogen) atoms. The average Bonchev–Trinajstić information content (AvgIpc) is 3.14. The van der Waals surface area contributed by atoms with Crippen LogP contribution in [0.1, 0.15) is 40.0 Å². The van der Waals surface area contributed by atoms with Crippen LogP contribution in [0.4, 0.5) is 0 Å². The number of sulfonamides is 1. The predicted octanol–water partition coefficient (Wildman–Crippen LogP) is 3.92. The van der Waals surface area contributed by atoms with Crippen LogP contribution in [0.3, 0.4) is 0 Å². The van der Waals surface area contributed by atoms with Gasteiger partial charge in [-0.3, -0.25) is 9.59 Å². The highest BCUT2D eigenvalue weighted by molar-refractivity contribution is 7.89. The molecule has 1 N–H and O–H groups in total. The number of hydrogen-bond acceptors (Lipinski definition) is 5. The summed E-state index contributed by atoms with van der Waals surface area (Å²) in [5, 5.41) is 0.806. The number of nitrogens with one attached hydrogen (secondary N) is 1. The van der Waals surface area contributed by atoms with E-state index in [0.717, 1.165) is 27.7 Å². The van der Waals surface area contributed by atoms with Gasteiger partial charge in [-0.25, -0.2) is 8.42 Å². The molecule has 0 spiro atoms. The lowest BCUT2D eigenvalue weighted by Crippen LogP contribution is -2.40. The fraction of sp³-hybridized carbons (Fsp3) is 0.360. The molecular weight excluding hydrogens is 440 g/mol. The van der Waals surface area contributed by atoms with E-state index in [9.17, 15) is 18.0 Å². The van der Waals surface area contributed by atoms with Crippen LogP contribution in [0.25, 0.3) is 10.9 Å². The van der Waals surface area contributed by atoms with Crippen molar-refractivity contribution in [2.45, 2.75) is 38.5 Å². The van der Waals surface area contributed by atoms with Gasteiger partial charge in [0.25, 0.3) is 0 Å². The van der Waals surface area contributed by atoms with E-state index in [0.29, 0.717) is 18.4 Å². The Balaban J connectivity index is 1.35. The first kappa shape index (κ1) is 23.2. The van der Waals surface area contributed by atoms with Crippen LogP contribution in [0, 0.1) is 26.7 Å². The molecule has 1 saturated heterocycles. The number of hydrogen-bond donors (Lipinski definition) is 1. The second kappa shape index (κ2) is 9.11. The molecule has 1 aliphatic rings. The Bertz CT molecular complexity index is 1320. The van der Waals surface area contributed by atoms with Crippen molar-refractivity contribution in [2.24, 2.45) is 5.92 Å². The largest absolute Gasteiger partial charge is 0.457 e. The Morgan fingerprint density at radius 1 is 1.03 bits per heavy atom. The number of ether oxygens (including phenoxy) is 1. The monoisotopic (exact) mass is 468 g/mol. The molecule has 2 heterocycles. The number of carbonyl (C=O) groups excluding carboxylic acids is 2. The van der Waals surface area contributed by atoms with Crippen molar-refractivity contribution in [3.63, 3.8) is 0 Å². The van der Waals surface area contributed by atoms with Crippen molar-refractivity contribution in [2.75, 3.05) is 19.7 Å². The van der Waals surface area contributed by atoms with E-state index >= 15 is 0 Å². The number of carbonyl (C=O) groups is 2. The van der Waals surface area contributed by atoms with Crippen molar-refractivity contribution >= 4 is 32.7 Å². The van der Waals surface area contributed by atoms with Crippen LogP contribution >= 0.6 is 0 Å². The minimum Gasteiger partial charge on any atom is -0.457 e. The van der Waals surface area contributed by atoms with Crippen LogP contribution in [0.5, 0.6) is 0 Å². The van der Waals surface area contributed by atoms with Gasteiger partial charge in [0.2, 0.25) is 15.8 Å². The summed E-state index contributed by atoms with van der Waals surface area (Å²) in [5.74, 6) is -1.13. The number of aryl methyl sites for hydroxylation is 3. The van der Waals surface area contributed by atoms with Crippen LogP contribution in [-0.4, -0.2) is 49.2 Å². The standard InChI is InChI=1S/C25H28N2O5S/c1-16-8-9-20(14-17(16)2)33(30,31)27-12-10-19(11-13-27)25(29)32-15-23(28)24-18(3)26-22-7-5-4-6-21(22)24/h4-9,14,19,26H,10-13,15H2,1-3H3. The number of fused-ring (bicyclic) bond motifs is 1. The van der Waals surface area contributed by atoms with Gasteiger partial charge in [0, 0.05) is 35.2 Å². The Morgan fingerprint density at radius 2 is 1.73 bits per heavy atom. The van der Waals surface area contributed by atoms with E-state index in [-0.39, 0.29) is 30.4 Å². The Hall–Kier alpha value is -2.97. The van der Waals surface area contributed by atoms with Gasteiger partial charge in [0.1, 0.15) is 0 Å². The number of aromatic amines is 1. The molecule has 7 nitrogen and oxygen atoms in total. The van der Waals surface area contributed by atoms with Gasteiger partial charge >= 0.3 is 5.97 Å². The summed E-state index contributed by atoms with van der Waals surface area (Å²) < 4.78 is 32.7. The molecule has 0 atom stereocenters. The highest BCUT2D eigenvalue weighted by Gasteiger charge is 2.33. The summed E-state index contributed by atoms with van der Waals surface area (Å²) in [6.45, 7) is 5.79. The van der Waals surface area contributed by atoms with Crippen molar-refractivity contribution in [3.05, 3.63) is 64.8 Å². The third-order valence-corrected chi connectivity index (χ3v) is 8.32. The van der Waals surface area contributed by atoms with Crippen LogP contribution in [0.2, 0.25) is 0 Å². The molecule has 1 fully saturated rings. The molecule has 0 unspecified atom stereocenters. The predicted molar refractivity (Wildman–Crippen MR) is 126 cm³/mol. The third kappa shape index (κ3) is 4.58.